The van der Waals surface area contributed by atoms with Crippen LogP contribution in [-0.4, -0.2) is 112 Å². The summed E-state index contributed by atoms with van der Waals surface area (Å²) in [5, 5.41) is 58.8. The molecule has 11 atom stereocenters. The van der Waals surface area contributed by atoms with Gasteiger partial charge in [0, 0.05) is 12.3 Å². The van der Waals surface area contributed by atoms with Crippen molar-refractivity contribution in [3.63, 3.8) is 0 Å². The minimum atomic E-state index is -5.48. The van der Waals surface area contributed by atoms with Gasteiger partial charge in [-0.25, -0.2) is 13.7 Å². The fraction of sp³-hybridized carbons (Fsp3) is 0.733. The van der Waals surface area contributed by atoms with Gasteiger partial charge in [0.25, 0.3) is 5.56 Å². The van der Waals surface area contributed by atoms with Crippen molar-refractivity contribution in [2.75, 3.05) is 13.2 Å². The molecule has 2 fully saturated rings. The molecule has 3 heterocycles. The number of hydrogen-bond donors (Lipinski definition) is 9. The van der Waals surface area contributed by atoms with Crippen LogP contribution in [0.15, 0.2) is 21.9 Å². The predicted molar refractivity (Wildman–Crippen MR) is 108 cm³/mol. The number of aliphatic hydroxyl groups excluding tert-OH is 6. The molecule has 0 spiro atoms. The lowest BCUT2D eigenvalue weighted by Gasteiger charge is -2.40. The lowest BCUT2D eigenvalue weighted by atomic mass is 10.0. The summed E-state index contributed by atoms with van der Waals surface area (Å²) in [6, 6.07) is 0.932. The van der Waals surface area contributed by atoms with E-state index in [1.165, 1.54) is 0 Å². The first-order valence-electron chi connectivity index (χ1n) is 9.83. The smallest absolute Gasteiger partial charge is 0.394 e. The molecule has 35 heavy (non-hydrogen) atoms. The van der Waals surface area contributed by atoms with Gasteiger partial charge in [-0.05, 0) is 0 Å². The van der Waals surface area contributed by atoms with Crippen LogP contribution in [0.2, 0.25) is 0 Å². The maximum absolute atomic E-state index is 12.5. The molecule has 0 radical (unpaired) electrons. The third kappa shape index (κ3) is 5.98. The summed E-state index contributed by atoms with van der Waals surface area (Å²) in [5.74, 6) is -2.37. The average Bonchev–Trinajstić information content (AvgIpc) is 3.04. The second kappa shape index (κ2) is 10.6. The molecule has 3 rings (SSSR count). The third-order valence-corrected chi connectivity index (χ3v) is 8.58. The standard InChI is InChI=1S/C15H24N2O16P2/c18-3-5-8(20)10(22)12(24)14(32-5)34(26,27)33-35(28,29)30-4-6-9(21)11(23)13(31-6)17-2-1-7(19)16-15(17)25/h1-2,5-6,8-14,18,20-24H,3-4H2,(H,26,27)(H,28,29)(H,16,19,25)/t5?,6-,8+,9?,10?,11?,12?,13-,14-/m1/s1. The van der Waals surface area contributed by atoms with Gasteiger partial charge in [0.05, 0.1) is 13.2 Å². The molecule has 0 bridgehead atoms. The van der Waals surface area contributed by atoms with Gasteiger partial charge >= 0.3 is 21.1 Å². The fourth-order valence-electron chi connectivity index (χ4n) is 3.46. The maximum Gasteiger partial charge on any atom is 0.479 e. The van der Waals surface area contributed by atoms with Crippen molar-refractivity contribution in [3.8, 4) is 0 Å². The van der Waals surface area contributed by atoms with Crippen LogP contribution in [0.3, 0.4) is 0 Å². The van der Waals surface area contributed by atoms with Crippen molar-refractivity contribution >= 4 is 15.4 Å². The normalized spacial score (nSPS) is 39.1. The van der Waals surface area contributed by atoms with E-state index in [2.05, 4.69) is 8.83 Å². The number of aromatic nitrogens is 2. The monoisotopic (exact) mass is 550 g/mol. The van der Waals surface area contributed by atoms with Crippen LogP contribution < -0.4 is 11.2 Å². The molecule has 200 valence electrons. The van der Waals surface area contributed by atoms with Crippen LogP contribution in [0.25, 0.3) is 0 Å². The van der Waals surface area contributed by atoms with Gasteiger partial charge in [0.2, 0.25) is 0 Å². The lowest BCUT2D eigenvalue weighted by Crippen LogP contribution is -2.58. The average molecular weight is 550 g/mol. The summed E-state index contributed by atoms with van der Waals surface area (Å²) in [4.78, 5) is 44.9. The van der Waals surface area contributed by atoms with E-state index < -0.39 is 94.7 Å². The largest absolute Gasteiger partial charge is 0.479 e. The number of H-pyrrole nitrogens is 1. The Morgan fingerprint density at radius 2 is 1.57 bits per heavy atom. The fourth-order valence-corrected chi connectivity index (χ4v) is 6.41. The van der Waals surface area contributed by atoms with E-state index >= 15 is 0 Å². The molecular weight excluding hydrogens is 526 g/mol. The molecule has 2 saturated heterocycles. The number of aromatic amines is 1. The van der Waals surface area contributed by atoms with Crippen LogP contribution in [0.1, 0.15) is 6.23 Å². The number of nitrogens with one attached hydrogen (secondary N) is 1. The third-order valence-electron chi connectivity index (χ3n) is 5.27. The van der Waals surface area contributed by atoms with E-state index in [4.69, 9.17) is 14.6 Å². The van der Waals surface area contributed by atoms with Crippen LogP contribution >= 0.6 is 15.4 Å². The van der Waals surface area contributed by atoms with Gasteiger partial charge in [-0.3, -0.25) is 23.4 Å². The summed E-state index contributed by atoms with van der Waals surface area (Å²) in [6.45, 7) is -1.97. The summed E-state index contributed by atoms with van der Waals surface area (Å²) in [7, 11) is -10.9. The zero-order valence-electron chi connectivity index (χ0n) is 17.5. The molecule has 2 aliphatic rings. The van der Waals surface area contributed by atoms with Gasteiger partial charge in [-0.1, -0.05) is 0 Å². The van der Waals surface area contributed by atoms with E-state index in [1.54, 1.807) is 0 Å². The Bertz CT molecular complexity index is 1110. The molecule has 1 aromatic heterocycles. The van der Waals surface area contributed by atoms with Gasteiger partial charge in [-0.15, -0.1) is 0 Å². The second-order valence-electron chi connectivity index (χ2n) is 7.69. The number of rotatable bonds is 8. The maximum atomic E-state index is 12.5. The van der Waals surface area contributed by atoms with E-state index in [0.717, 1.165) is 16.8 Å². The summed E-state index contributed by atoms with van der Waals surface area (Å²) in [6.07, 6.45) is -13.5. The zero-order valence-corrected chi connectivity index (χ0v) is 19.2. The molecule has 0 saturated carbocycles. The molecular formula is C15H24N2O16P2. The minimum absolute atomic E-state index is 0.728. The zero-order chi connectivity index (χ0) is 26.3. The second-order valence-corrected chi connectivity index (χ2v) is 11.2. The van der Waals surface area contributed by atoms with Crippen molar-refractivity contribution in [2.24, 2.45) is 0 Å². The van der Waals surface area contributed by atoms with Gasteiger partial charge in [0.15, 0.2) is 12.1 Å². The molecule has 0 amide bonds. The SMILES string of the molecule is O=c1ccn([C@@H]2O[C@H](COP(=O)(O)OP(=O)(O)[C@H]3OC(CO)[C@H](O)C(O)C3O)C(O)C2O)c(=O)[nH]1. The Balaban J connectivity index is 1.67. The van der Waals surface area contributed by atoms with E-state index in [-0.39, 0.29) is 0 Å². The van der Waals surface area contributed by atoms with Gasteiger partial charge in [-0.2, -0.15) is 0 Å². The molecule has 1 aromatic rings. The van der Waals surface area contributed by atoms with E-state index in [9.17, 15) is 54.0 Å². The highest BCUT2D eigenvalue weighted by Gasteiger charge is 2.54. The van der Waals surface area contributed by atoms with Crippen molar-refractivity contribution in [1.82, 2.24) is 9.55 Å². The Morgan fingerprint density at radius 3 is 2.17 bits per heavy atom. The van der Waals surface area contributed by atoms with Crippen molar-refractivity contribution < 1.29 is 67.9 Å². The first-order valence-corrected chi connectivity index (χ1v) is 13.0. The Labute approximate surface area is 194 Å². The molecule has 0 aromatic carbocycles. The number of phosphoric acid groups is 1. The number of phosphoric ester groups is 1. The first kappa shape index (κ1) is 28.2. The van der Waals surface area contributed by atoms with Crippen LogP contribution in [0.5, 0.6) is 0 Å². The highest BCUT2D eigenvalue weighted by Crippen LogP contribution is 2.64. The van der Waals surface area contributed by atoms with Gasteiger partial charge < -0.3 is 49.9 Å². The van der Waals surface area contributed by atoms with Crippen LogP contribution in [0.4, 0.5) is 0 Å². The summed E-state index contributed by atoms with van der Waals surface area (Å²) >= 11 is 0. The Morgan fingerprint density at radius 1 is 0.943 bits per heavy atom. The van der Waals surface area contributed by atoms with Crippen LogP contribution in [-0.2, 0) is 27.4 Å². The summed E-state index contributed by atoms with van der Waals surface area (Å²) in [5.41, 5.74) is -1.74. The van der Waals surface area contributed by atoms with E-state index in [1.807, 2.05) is 4.98 Å². The van der Waals surface area contributed by atoms with Gasteiger partial charge in [0.1, 0.15) is 42.7 Å². The van der Waals surface area contributed by atoms with Crippen molar-refractivity contribution in [1.29, 1.82) is 0 Å². The molecule has 18 nitrogen and oxygen atoms in total. The molecule has 2 aliphatic heterocycles. The number of hydrogen-bond acceptors (Lipinski definition) is 14. The number of aliphatic hydroxyl groups is 6. The van der Waals surface area contributed by atoms with Crippen LogP contribution in [0, 0.1) is 0 Å². The molecule has 20 heteroatoms. The number of ether oxygens (including phenoxy) is 2. The van der Waals surface area contributed by atoms with Crippen molar-refractivity contribution in [3.05, 3.63) is 33.1 Å². The molecule has 7 unspecified atom stereocenters. The highest BCUT2D eigenvalue weighted by molar-refractivity contribution is 7.64. The lowest BCUT2D eigenvalue weighted by molar-refractivity contribution is -0.211. The molecule has 0 aliphatic carbocycles. The Kier molecular flexibility index (Phi) is 8.52. The number of nitrogens with zero attached hydrogens (tertiary/aromatic N) is 1. The predicted octanol–water partition coefficient (Wildman–Crippen LogP) is -4.73. The minimum Gasteiger partial charge on any atom is -0.394 e. The first-order chi connectivity index (χ1) is 16.2. The topological polar surface area (TPSA) is 288 Å². The summed E-state index contributed by atoms with van der Waals surface area (Å²) < 4.78 is 44.3. The van der Waals surface area contributed by atoms with Crippen molar-refractivity contribution in [2.45, 2.75) is 54.8 Å². The van der Waals surface area contributed by atoms with E-state index in [0.29, 0.717) is 0 Å². The molecule has 9 N–H and O–H groups in total. The quantitative estimate of drug-likeness (QED) is 0.137. The highest BCUT2D eigenvalue weighted by atomic mass is 31.3. The Hall–Kier alpha value is -1.34.